The number of ether oxygens (including phenoxy) is 1. The molecule has 9 nitrogen and oxygen atoms in total. The molecule has 186 valence electrons. The highest BCUT2D eigenvalue weighted by Crippen LogP contribution is 2.28. The van der Waals surface area contributed by atoms with Crippen molar-refractivity contribution in [3.05, 3.63) is 75.8 Å². The third kappa shape index (κ3) is 5.35. The first-order valence-electron chi connectivity index (χ1n) is 11.5. The second-order valence-electron chi connectivity index (χ2n) is 9.95. The first-order valence-corrected chi connectivity index (χ1v) is 11.5. The van der Waals surface area contributed by atoms with Gasteiger partial charge in [0.15, 0.2) is 11.3 Å². The molecule has 9 heteroatoms. The quantitative estimate of drug-likeness (QED) is 0.382. The fourth-order valence-electron chi connectivity index (χ4n) is 4.03. The molecule has 0 aliphatic carbocycles. The van der Waals surface area contributed by atoms with Gasteiger partial charge in [0.25, 0.3) is 11.4 Å². The van der Waals surface area contributed by atoms with E-state index in [4.69, 9.17) is 9.72 Å². The normalized spacial score (nSPS) is 11.6. The number of imidazole rings is 1. The van der Waals surface area contributed by atoms with Crippen molar-refractivity contribution < 1.29 is 19.4 Å². The van der Waals surface area contributed by atoms with Crippen LogP contribution in [0.3, 0.4) is 0 Å². The van der Waals surface area contributed by atoms with Gasteiger partial charge in [0.1, 0.15) is 17.9 Å². The van der Waals surface area contributed by atoms with Crippen LogP contribution in [0.4, 0.5) is 0 Å². The second kappa shape index (κ2) is 9.77. The van der Waals surface area contributed by atoms with Gasteiger partial charge in [0.2, 0.25) is 0 Å². The Labute approximate surface area is 207 Å². The molecular formula is C27H28N4O5. The minimum absolute atomic E-state index is 0.106. The largest absolute Gasteiger partial charge is 0.478 e. The van der Waals surface area contributed by atoms with E-state index in [1.165, 1.54) is 6.92 Å². The molecule has 0 amide bonds. The Morgan fingerprint density at radius 3 is 2.42 bits per heavy atom. The van der Waals surface area contributed by atoms with E-state index in [-0.39, 0.29) is 29.2 Å². The third-order valence-corrected chi connectivity index (χ3v) is 5.59. The van der Waals surface area contributed by atoms with Crippen molar-refractivity contribution in [2.75, 3.05) is 6.61 Å². The van der Waals surface area contributed by atoms with Crippen molar-refractivity contribution in [1.82, 2.24) is 19.7 Å². The number of hydrogen-bond donors (Lipinski definition) is 2. The third-order valence-electron chi connectivity index (χ3n) is 5.59. The molecule has 2 aromatic carbocycles. The summed E-state index contributed by atoms with van der Waals surface area (Å²) in [5.74, 6) is -0.351. The fraction of sp³-hybridized carbons (Fsp3) is 0.296. The standard InChI is InChI=1S/C27H28N4O5/c1-16(32)15-36-25-22-23(24(33)29-30-25)31(21(28-22)13-27(2,3)4)14-17-9-11-18(12-10-17)19-7-5-6-8-20(19)26(34)35/h5-12H,13-15H2,1-4H3,(H,29,33)(H,34,35). The summed E-state index contributed by atoms with van der Waals surface area (Å²) < 4.78 is 7.37. The zero-order valence-corrected chi connectivity index (χ0v) is 20.7. The molecule has 0 saturated heterocycles. The smallest absolute Gasteiger partial charge is 0.336 e. The molecule has 2 heterocycles. The predicted molar refractivity (Wildman–Crippen MR) is 135 cm³/mol. The summed E-state index contributed by atoms with van der Waals surface area (Å²) in [5, 5.41) is 15.9. The van der Waals surface area contributed by atoms with Gasteiger partial charge in [-0.1, -0.05) is 63.2 Å². The number of H-pyrrole nitrogens is 1. The fourth-order valence-corrected chi connectivity index (χ4v) is 4.03. The van der Waals surface area contributed by atoms with Crippen molar-refractivity contribution >= 4 is 22.8 Å². The summed E-state index contributed by atoms with van der Waals surface area (Å²) in [7, 11) is 0. The summed E-state index contributed by atoms with van der Waals surface area (Å²) in [6.07, 6.45) is 0.595. The Hall–Kier alpha value is -4.27. The highest BCUT2D eigenvalue weighted by atomic mass is 16.5. The molecule has 0 fully saturated rings. The number of aromatic carboxylic acids is 1. The zero-order valence-electron chi connectivity index (χ0n) is 20.7. The molecule has 0 spiro atoms. The van der Waals surface area contributed by atoms with Crippen molar-refractivity contribution in [1.29, 1.82) is 0 Å². The van der Waals surface area contributed by atoms with Gasteiger partial charge in [-0.15, -0.1) is 5.10 Å². The lowest BCUT2D eigenvalue weighted by atomic mass is 9.92. The van der Waals surface area contributed by atoms with Crippen LogP contribution in [-0.4, -0.2) is 43.2 Å². The number of carbonyl (C=O) groups is 2. The number of carboxylic acid groups (broad SMARTS) is 1. The van der Waals surface area contributed by atoms with Crippen molar-refractivity contribution in [3.8, 4) is 17.0 Å². The summed E-state index contributed by atoms with van der Waals surface area (Å²) in [6, 6.07) is 14.4. The van der Waals surface area contributed by atoms with Crippen LogP contribution in [0, 0.1) is 5.41 Å². The summed E-state index contributed by atoms with van der Waals surface area (Å²) in [4.78, 5) is 40.6. The minimum Gasteiger partial charge on any atom is -0.478 e. The van der Waals surface area contributed by atoms with Gasteiger partial charge in [0.05, 0.1) is 5.56 Å². The van der Waals surface area contributed by atoms with Crippen LogP contribution in [0.2, 0.25) is 0 Å². The molecule has 2 aromatic heterocycles. The zero-order chi connectivity index (χ0) is 26.0. The van der Waals surface area contributed by atoms with E-state index in [1.807, 2.05) is 28.8 Å². The van der Waals surface area contributed by atoms with Crippen LogP contribution >= 0.6 is 0 Å². The Bertz CT molecular complexity index is 1490. The van der Waals surface area contributed by atoms with E-state index in [1.54, 1.807) is 24.3 Å². The van der Waals surface area contributed by atoms with Crippen LogP contribution in [0.1, 0.15) is 49.4 Å². The number of ketones is 1. The Morgan fingerprint density at radius 1 is 1.08 bits per heavy atom. The molecular weight excluding hydrogens is 460 g/mol. The minimum atomic E-state index is -0.984. The number of carboxylic acids is 1. The molecule has 36 heavy (non-hydrogen) atoms. The number of Topliss-reactive ketones (excluding diaryl/α,β-unsaturated/α-hetero) is 1. The SMILES string of the molecule is CC(=O)COc1n[nH]c(=O)c2c1nc(CC(C)(C)C)n2Cc1ccc(-c2ccccc2C(=O)O)cc1. The molecule has 0 aliphatic rings. The summed E-state index contributed by atoms with van der Waals surface area (Å²) in [5.41, 5.74) is 2.68. The Kier molecular flexibility index (Phi) is 6.74. The predicted octanol–water partition coefficient (Wildman–Crippen LogP) is 4.09. The van der Waals surface area contributed by atoms with Crippen molar-refractivity contribution in [2.45, 2.75) is 40.7 Å². The molecule has 4 aromatic rings. The maximum atomic E-state index is 12.8. The van der Waals surface area contributed by atoms with E-state index in [9.17, 15) is 19.5 Å². The molecule has 0 saturated carbocycles. The Morgan fingerprint density at radius 2 is 1.78 bits per heavy atom. The maximum absolute atomic E-state index is 12.8. The number of benzene rings is 2. The first-order chi connectivity index (χ1) is 17.0. The monoisotopic (exact) mass is 488 g/mol. The number of aromatic amines is 1. The van der Waals surface area contributed by atoms with Gasteiger partial charge in [-0.3, -0.25) is 9.59 Å². The topological polar surface area (TPSA) is 127 Å². The number of rotatable bonds is 8. The van der Waals surface area contributed by atoms with Crippen LogP contribution in [-0.2, 0) is 17.8 Å². The molecule has 0 radical (unpaired) electrons. The average Bonchev–Trinajstić information content (AvgIpc) is 3.16. The van der Waals surface area contributed by atoms with Gasteiger partial charge >= 0.3 is 5.97 Å². The van der Waals surface area contributed by atoms with Gasteiger partial charge in [-0.2, -0.15) is 0 Å². The number of aromatic nitrogens is 4. The van der Waals surface area contributed by atoms with E-state index < -0.39 is 11.5 Å². The molecule has 0 unspecified atom stereocenters. The van der Waals surface area contributed by atoms with E-state index >= 15 is 0 Å². The Balaban J connectivity index is 1.76. The lowest BCUT2D eigenvalue weighted by Crippen LogP contribution is -2.18. The van der Waals surface area contributed by atoms with Crippen LogP contribution < -0.4 is 10.3 Å². The van der Waals surface area contributed by atoms with E-state index in [2.05, 4.69) is 31.0 Å². The highest BCUT2D eigenvalue weighted by molar-refractivity contribution is 5.96. The number of carbonyl (C=O) groups excluding carboxylic acids is 1. The van der Waals surface area contributed by atoms with E-state index in [0.717, 1.165) is 11.1 Å². The molecule has 0 atom stereocenters. The van der Waals surface area contributed by atoms with Gasteiger partial charge in [-0.25, -0.2) is 14.9 Å². The van der Waals surface area contributed by atoms with E-state index in [0.29, 0.717) is 35.4 Å². The lowest BCUT2D eigenvalue weighted by molar-refractivity contribution is -0.118. The first kappa shape index (κ1) is 24.8. The number of hydrogen-bond acceptors (Lipinski definition) is 6. The summed E-state index contributed by atoms with van der Waals surface area (Å²) in [6.45, 7) is 7.85. The van der Waals surface area contributed by atoms with Crippen LogP contribution in [0.5, 0.6) is 5.88 Å². The maximum Gasteiger partial charge on any atom is 0.336 e. The van der Waals surface area contributed by atoms with Crippen LogP contribution in [0.25, 0.3) is 22.2 Å². The lowest BCUT2D eigenvalue weighted by Gasteiger charge is -2.19. The second-order valence-corrected chi connectivity index (χ2v) is 9.95. The van der Waals surface area contributed by atoms with Crippen LogP contribution in [0.15, 0.2) is 53.3 Å². The highest BCUT2D eigenvalue weighted by Gasteiger charge is 2.23. The molecule has 0 aliphatic heterocycles. The van der Waals surface area contributed by atoms with Crippen molar-refractivity contribution in [2.24, 2.45) is 5.41 Å². The number of nitrogens with zero attached hydrogens (tertiary/aromatic N) is 3. The summed E-state index contributed by atoms with van der Waals surface area (Å²) >= 11 is 0. The van der Waals surface area contributed by atoms with Gasteiger partial charge < -0.3 is 14.4 Å². The average molecular weight is 489 g/mol. The molecule has 0 bridgehead atoms. The number of nitrogens with one attached hydrogen (secondary N) is 1. The van der Waals surface area contributed by atoms with Gasteiger partial charge in [-0.05, 0) is 35.1 Å². The van der Waals surface area contributed by atoms with Gasteiger partial charge in [0, 0.05) is 13.0 Å². The molecule has 4 rings (SSSR count). The molecule has 2 N–H and O–H groups in total. The number of fused-ring (bicyclic) bond motifs is 1. The van der Waals surface area contributed by atoms with Crippen molar-refractivity contribution in [3.63, 3.8) is 0 Å².